The van der Waals surface area contributed by atoms with E-state index in [0.29, 0.717) is 0 Å². The van der Waals surface area contributed by atoms with Gasteiger partial charge in [0.2, 0.25) is 5.41 Å². The summed E-state index contributed by atoms with van der Waals surface area (Å²) in [6, 6.07) is 23.9. The van der Waals surface area contributed by atoms with Crippen molar-refractivity contribution in [2.45, 2.75) is 6.92 Å². The van der Waals surface area contributed by atoms with Gasteiger partial charge in [-0.15, -0.1) is 0 Å². The third kappa shape index (κ3) is 4.42. The molecule has 1 radical (unpaired) electrons. The number of rotatable bonds is 7. The smallest absolute Gasteiger partial charge is 0.216 e. The van der Waals surface area contributed by atoms with Crippen LogP contribution in [0.5, 0.6) is 0 Å². The third-order valence-electron chi connectivity index (χ3n) is 4.66. The van der Waals surface area contributed by atoms with Crippen LogP contribution in [0.3, 0.4) is 0 Å². The Morgan fingerprint density at radius 2 is 0.759 bits per heavy atom. The molecule has 3 aromatic rings. The maximum atomic E-state index is 13.5. The van der Waals surface area contributed by atoms with E-state index < -0.39 is 28.5 Å². The maximum Gasteiger partial charge on any atom is 0.216 e. The molecule has 0 N–H and O–H groups in total. The molecule has 0 unspecified atom stereocenters. The van der Waals surface area contributed by atoms with Crippen LogP contribution in [-0.4, -0.2) is 23.1 Å². The molecular weight excluding hydrogens is 504 g/mol. The van der Waals surface area contributed by atoms with Gasteiger partial charge in [-0.05, 0) is 6.92 Å². The van der Waals surface area contributed by atoms with Gasteiger partial charge in [0.25, 0.3) is 0 Å². The minimum absolute atomic E-state index is 0. The predicted molar refractivity (Wildman–Crippen MR) is 105 cm³/mol. The molecule has 4 nitrogen and oxygen atoms in total. The van der Waals surface area contributed by atoms with E-state index in [-0.39, 0.29) is 66.1 Å². The molecule has 0 saturated carbocycles. The van der Waals surface area contributed by atoms with Crippen molar-refractivity contribution in [3.63, 3.8) is 0 Å². The fourth-order valence-electron chi connectivity index (χ4n) is 3.21. The van der Waals surface area contributed by atoms with Crippen molar-refractivity contribution in [3.8, 4) is 0 Å². The predicted octanol–water partition coefficient (Wildman–Crippen LogP) is 4.21. The molecule has 145 valence electrons. The molecule has 0 heterocycles. The van der Waals surface area contributed by atoms with Gasteiger partial charge in [0, 0.05) is 66.1 Å². The number of Topliss-reactive ketones (excluding diaryl/α,β-unsaturated/α-hetero) is 4. The first-order chi connectivity index (χ1) is 13.5. The first-order valence-electron chi connectivity index (χ1n) is 8.80. The van der Waals surface area contributed by atoms with Gasteiger partial charge >= 0.3 is 0 Å². The molecule has 0 fully saturated rings. The minimum atomic E-state index is -2.47. The van der Waals surface area contributed by atoms with Crippen molar-refractivity contribution in [2.75, 3.05) is 0 Å². The first kappa shape index (κ1) is 23.2. The fraction of sp³-hybridized carbons (Fsp3) is 0.0833. The zero-order valence-electron chi connectivity index (χ0n) is 15.7. The molecule has 0 spiro atoms. The third-order valence-corrected chi connectivity index (χ3v) is 4.66. The summed E-state index contributed by atoms with van der Waals surface area (Å²) in [5.74, 6) is -3.25. The monoisotopic (exact) mass is 523 g/mol. The largest absolute Gasteiger partial charge is 0.298 e. The molecule has 0 atom stereocenters. The number of carbonyl (C=O) groups is 4. The Kier molecular flexibility index (Phi) is 8.08. The maximum absolute atomic E-state index is 13.5. The summed E-state index contributed by atoms with van der Waals surface area (Å²) < 4.78 is 0. The summed E-state index contributed by atoms with van der Waals surface area (Å²) in [5, 5.41) is 0. The SMILES string of the molecule is CC(=O)C(C(=O)c1ccccc1)(C(=O)c1ccccc1)C(=O)c1ccccc1.[Eu]. The average molecular weight is 522 g/mol. The number of benzene rings is 3. The minimum Gasteiger partial charge on any atom is -0.298 e. The van der Waals surface area contributed by atoms with E-state index in [1.807, 2.05) is 0 Å². The molecule has 5 heteroatoms. The summed E-state index contributed by atoms with van der Waals surface area (Å²) >= 11 is 0. The van der Waals surface area contributed by atoms with E-state index in [2.05, 4.69) is 0 Å². The van der Waals surface area contributed by atoms with Gasteiger partial charge in [-0.3, -0.25) is 19.2 Å². The molecule has 0 bridgehead atoms. The Bertz CT molecular complexity index is 903. The standard InChI is InChI=1S/C24H18O4.Eu/c1-17(25)24(21(26)18-11-5-2-6-12-18,22(27)19-13-7-3-8-14-19)23(28)20-15-9-4-10-16-20;/h2-16H,1H3;. The molecule has 3 rings (SSSR count). The Labute approximate surface area is 209 Å². The van der Waals surface area contributed by atoms with Gasteiger partial charge in [0.15, 0.2) is 23.1 Å². The molecule has 0 amide bonds. The van der Waals surface area contributed by atoms with Crippen LogP contribution < -0.4 is 0 Å². The Hall–Kier alpha value is -2.08. The Morgan fingerprint density at radius 1 is 0.517 bits per heavy atom. The molecule has 0 aliphatic rings. The second kappa shape index (κ2) is 10.1. The number of hydrogen-bond acceptors (Lipinski definition) is 4. The van der Waals surface area contributed by atoms with Gasteiger partial charge in [-0.1, -0.05) is 91.0 Å². The average Bonchev–Trinajstić information content (AvgIpc) is 2.75. The zero-order valence-corrected chi connectivity index (χ0v) is 18.1. The van der Waals surface area contributed by atoms with Gasteiger partial charge in [0.1, 0.15) is 0 Å². The Balaban J connectivity index is 0.00000300. The van der Waals surface area contributed by atoms with Crippen molar-refractivity contribution in [2.24, 2.45) is 5.41 Å². The fourth-order valence-corrected chi connectivity index (χ4v) is 3.21. The topological polar surface area (TPSA) is 68.3 Å². The van der Waals surface area contributed by atoms with E-state index in [4.69, 9.17) is 0 Å². The summed E-state index contributed by atoms with van der Waals surface area (Å²) in [6.45, 7) is 1.11. The summed E-state index contributed by atoms with van der Waals surface area (Å²) in [6.07, 6.45) is 0. The molecule has 3 aromatic carbocycles. The van der Waals surface area contributed by atoms with Gasteiger partial charge in [-0.25, -0.2) is 0 Å². The van der Waals surface area contributed by atoms with E-state index in [9.17, 15) is 19.2 Å². The molecular formula is C24H18EuO4. The van der Waals surface area contributed by atoms with Crippen molar-refractivity contribution in [1.29, 1.82) is 0 Å². The zero-order chi connectivity index (χ0) is 20.1. The second-order valence-electron chi connectivity index (χ2n) is 6.39. The Morgan fingerprint density at radius 3 is 0.966 bits per heavy atom. The van der Waals surface area contributed by atoms with Crippen LogP contribution in [0, 0.1) is 54.8 Å². The van der Waals surface area contributed by atoms with Crippen LogP contribution >= 0.6 is 0 Å². The quantitative estimate of drug-likeness (QED) is 0.345. The number of carbonyl (C=O) groups excluding carboxylic acids is 4. The molecule has 0 aromatic heterocycles. The van der Waals surface area contributed by atoms with E-state index in [0.717, 1.165) is 6.92 Å². The number of hydrogen-bond donors (Lipinski definition) is 0. The van der Waals surface area contributed by atoms with Crippen LogP contribution in [0.25, 0.3) is 0 Å². The van der Waals surface area contributed by atoms with Crippen molar-refractivity contribution >= 4 is 23.1 Å². The van der Waals surface area contributed by atoms with Gasteiger partial charge in [0.05, 0.1) is 0 Å². The summed E-state index contributed by atoms with van der Waals surface area (Å²) in [7, 11) is 0. The van der Waals surface area contributed by atoms with Crippen LogP contribution in [0.1, 0.15) is 38.0 Å². The number of ketones is 4. The first-order valence-corrected chi connectivity index (χ1v) is 8.80. The van der Waals surface area contributed by atoms with Crippen molar-refractivity contribution < 1.29 is 68.6 Å². The normalized spacial score (nSPS) is 10.5. The van der Waals surface area contributed by atoms with Crippen LogP contribution in [-0.2, 0) is 4.79 Å². The molecule has 0 saturated heterocycles. The van der Waals surface area contributed by atoms with E-state index in [1.54, 1.807) is 54.6 Å². The molecule has 0 aliphatic carbocycles. The van der Waals surface area contributed by atoms with Gasteiger partial charge < -0.3 is 0 Å². The van der Waals surface area contributed by atoms with E-state index >= 15 is 0 Å². The molecule has 0 aliphatic heterocycles. The summed E-state index contributed by atoms with van der Waals surface area (Å²) in [4.78, 5) is 53.3. The summed E-state index contributed by atoms with van der Waals surface area (Å²) in [5.41, 5.74) is -2.08. The van der Waals surface area contributed by atoms with Crippen LogP contribution in [0.15, 0.2) is 91.0 Å². The van der Waals surface area contributed by atoms with Crippen molar-refractivity contribution in [1.82, 2.24) is 0 Å². The van der Waals surface area contributed by atoms with Crippen molar-refractivity contribution in [3.05, 3.63) is 108 Å². The van der Waals surface area contributed by atoms with Gasteiger partial charge in [-0.2, -0.15) is 0 Å². The second-order valence-corrected chi connectivity index (χ2v) is 6.39. The van der Waals surface area contributed by atoms with Crippen LogP contribution in [0.4, 0.5) is 0 Å². The molecule has 29 heavy (non-hydrogen) atoms. The van der Waals surface area contributed by atoms with Crippen LogP contribution in [0.2, 0.25) is 0 Å². The van der Waals surface area contributed by atoms with E-state index in [1.165, 1.54) is 36.4 Å².